The first-order valence-corrected chi connectivity index (χ1v) is 4.84. The second-order valence-corrected chi connectivity index (χ2v) is 3.35. The Morgan fingerprint density at radius 3 is 2.25 bits per heavy atom. The van der Waals surface area contributed by atoms with Crippen LogP contribution in [-0.4, -0.2) is 24.3 Å². The summed E-state index contributed by atoms with van der Waals surface area (Å²) in [6, 6.07) is 7.06. The molecule has 0 saturated heterocycles. The molecule has 4 nitrogen and oxygen atoms in total. The fraction of sp³-hybridized carbons (Fsp3) is 0.250. The van der Waals surface area contributed by atoms with Crippen LogP contribution in [0.1, 0.15) is 13.8 Å². The van der Waals surface area contributed by atoms with Gasteiger partial charge in [0.15, 0.2) is 0 Å². The molecule has 0 heterocycles. The molecule has 84 valence electrons. The van der Waals surface area contributed by atoms with E-state index in [1.165, 1.54) is 6.92 Å². The summed E-state index contributed by atoms with van der Waals surface area (Å²) in [6.07, 6.45) is 0. The molecular weight excluding hydrogens is 204 g/mol. The highest BCUT2D eigenvalue weighted by atomic mass is 16.5. The van der Waals surface area contributed by atoms with E-state index in [0.717, 1.165) is 5.75 Å². The molecule has 0 aliphatic heterocycles. The third-order valence-corrected chi connectivity index (χ3v) is 2.04. The number of methoxy groups -OCH3 is 1. The summed E-state index contributed by atoms with van der Waals surface area (Å²) >= 11 is 0. The van der Waals surface area contributed by atoms with Gasteiger partial charge in [-0.3, -0.25) is 4.79 Å². The number of hydrogen-bond donors (Lipinski definition) is 1. The van der Waals surface area contributed by atoms with E-state index < -0.39 is 0 Å². The third-order valence-electron chi connectivity index (χ3n) is 2.04. The van der Waals surface area contributed by atoms with Gasteiger partial charge in [0, 0.05) is 0 Å². The van der Waals surface area contributed by atoms with E-state index >= 15 is 0 Å². The lowest BCUT2D eigenvalue weighted by molar-refractivity contribution is -0.107. The minimum absolute atomic E-state index is 0.00485. The van der Waals surface area contributed by atoms with E-state index in [-0.39, 0.29) is 11.5 Å². The van der Waals surface area contributed by atoms with Gasteiger partial charge >= 0.3 is 0 Å². The van der Waals surface area contributed by atoms with Crippen molar-refractivity contribution < 1.29 is 9.53 Å². The number of hydrogen-bond acceptors (Lipinski definition) is 4. The zero-order chi connectivity index (χ0) is 12.1. The predicted molar refractivity (Wildman–Crippen MR) is 64.2 cm³/mol. The van der Waals surface area contributed by atoms with Crippen molar-refractivity contribution in [2.75, 3.05) is 7.11 Å². The molecule has 0 unspecified atom stereocenters. The van der Waals surface area contributed by atoms with Crippen molar-refractivity contribution in [2.45, 2.75) is 13.8 Å². The number of carbonyl (C=O) groups excluding carboxylic acids is 1. The van der Waals surface area contributed by atoms with Crippen LogP contribution in [0.3, 0.4) is 0 Å². The van der Waals surface area contributed by atoms with Crippen LogP contribution in [-0.2, 0) is 4.79 Å². The topological polar surface area (TPSA) is 62.5 Å². The highest BCUT2D eigenvalue weighted by Gasteiger charge is 2.07. The summed E-state index contributed by atoms with van der Waals surface area (Å²) in [5.41, 5.74) is 0.986. The van der Waals surface area contributed by atoms with E-state index in [0.29, 0.717) is 11.4 Å². The summed E-state index contributed by atoms with van der Waals surface area (Å²) in [6.45, 7) is 3.06. The van der Waals surface area contributed by atoms with E-state index in [4.69, 9.17) is 10.1 Å². The van der Waals surface area contributed by atoms with Crippen LogP contribution in [0, 0.1) is 5.41 Å². The number of Topliss-reactive ketones (excluding diaryl/α,β-unsaturated/α-hetero) is 1. The standard InChI is InChI=1S/C12H14N2O2/c1-8(13)12(15)9(2)14-10-4-6-11(16-3)7-5-10/h4-7,13H,1-3H3. The molecule has 0 bridgehead atoms. The molecule has 0 spiro atoms. The van der Waals surface area contributed by atoms with Crippen LogP contribution in [0.4, 0.5) is 5.69 Å². The van der Waals surface area contributed by atoms with Crippen LogP contribution in [0.5, 0.6) is 5.75 Å². The van der Waals surface area contributed by atoms with E-state index in [1.807, 2.05) is 0 Å². The first kappa shape index (κ1) is 12.1. The zero-order valence-electron chi connectivity index (χ0n) is 9.57. The molecule has 0 saturated carbocycles. The highest BCUT2D eigenvalue weighted by Crippen LogP contribution is 2.17. The summed E-state index contributed by atoms with van der Waals surface area (Å²) in [5.74, 6) is 0.405. The molecule has 0 radical (unpaired) electrons. The largest absolute Gasteiger partial charge is 0.497 e. The van der Waals surface area contributed by atoms with Gasteiger partial charge in [-0.1, -0.05) is 0 Å². The number of ether oxygens (including phenoxy) is 1. The van der Waals surface area contributed by atoms with Crippen molar-refractivity contribution in [3.8, 4) is 5.75 Å². The Labute approximate surface area is 94.5 Å². The van der Waals surface area contributed by atoms with Gasteiger partial charge in [0.1, 0.15) is 5.75 Å². The maximum Gasteiger partial charge on any atom is 0.220 e. The first-order valence-electron chi connectivity index (χ1n) is 4.84. The molecule has 1 aromatic carbocycles. The fourth-order valence-electron chi connectivity index (χ4n) is 1.17. The second-order valence-electron chi connectivity index (χ2n) is 3.35. The lowest BCUT2D eigenvalue weighted by Gasteiger charge is -2.01. The number of nitrogens with zero attached hydrogens (tertiary/aromatic N) is 1. The molecule has 1 rings (SSSR count). The SMILES string of the molecule is COc1ccc(N=C(C)C(=O)C(C)=N)cc1. The Hall–Kier alpha value is -1.97. The maximum atomic E-state index is 11.4. The number of rotatable bonds is 4. The molecule has 0 fully saturated rings. The average Bonchev–Trinajstić information content (AvgIpc) is 2.28. The van der Waals surface area contributed by atoms with Gasteiger partial charge in [0.2, 0.25) is 5.78 Å². The normalized spacial score (nSPS) is 11.1. The minimum Gasteiger partial charge on any atom is -0.497 e. The highest BCUT2D eigenvalue weighted by molar-refractivity contribution is 6.65. The Kier molecular flexibility index (Phi) is 3.94. The van der Waals surface area contributed by atoms with Crippen molar-refractivity contribution in [3.63, 3.8) is 0 Å². The van der Waals surface area contributed by atoms with Gasteiger partial charge in [0.05, 0.1) is 24.2 Å². The Bertz CT molecular complexity index is 433. The quantitative estimate of drug-likeness (QED) is 0.789. The third kappa shape index (κ3) is 3.02. The van der Waals surface area contributed by atoms with Crippen LogP contribution < -0.4 is 4.74 Å². The van der Waals surface area contributed by atoms with Gasteiger partial charge in [-0.15, -0.1) is 0 Å². The van der Waals surface area contributed by atoms with Crippen molar-refractivity contribution >= 4 is 22.9 Å². The van der Waals surface area contributed by atoms with E-state index in [1.54, 1.807) is 38.3 Å². The summed E-state index contributed by atoms with van der Waals surface area (Å²) in [4.78, 5) is 15.5. The van der Waals surface area contributed by atoms with Crippen LogP contribution in [0.15, 0.2) is 29.3 Å². The molecule has 0 aliphatic rings. The van der Waals surface area contributed by atoms with Crippen molar-refractivity contribution in [1.29, 1.82) is 5.41 Å². The monoisotopic (exact) mass is 218 g/mol. The Morgan fingerprint density at radius 1 is 1.25 bits per heavy atom. The van der Waals surface area contributed by atoms with Crippen LogP contribution in [0.2, 0.25) is 0 Å². The molecule has 0 aromatic heterocycles. The van der Waals surface area contributed by atoms with Crippen molar-refractivity contribution in [3.05, 3.63) is 24.3 Å². The van der Waals surface area contributed by atoms with Gasteiger partial charge in [-0.2, -0.15) is 0 Å². The molecular formula is C12H14N2O2. The lowest BCUT2D eigenvalue weighted by Crippen LogP contribution is -2.17. The summed E-state index contributed by atoms with van der Waals surface area (Å²) in [7, 11) is 1.59. The van der Waals surface area contributed by atoms with E-state index in [2.05, 4.69) is 4.99 Å². The Balaban J connectivity index is 2.90. The minimum atomic E-state index is -0.337. The molecule has 4 heteroatoms. The second kappa shape index (κ2) is 5.21. The number of ketones is 1. The molecule has 1 N–H and O–H groups in total. The number of nitrogens with one attached hydrogen (secondary N) is 1. The van der Waals surface area contributed by atoms with Gasteiger partial charge < -0.3 is 10.1 Å². The van der Waals surface area contributed by atoms with Gasteiger partial charge in [-0.25, -0.2) is 4.99 Å². The van der Waals surface area contributed by atoms with Gasteiger partial charge in [-0.05, 0) is 38.1 Å². The number of carbonyl (C=O) groups is 1. The smallest absolute Gasteiger partial charge is 0.220 e. The lowest BCUT2D eigenvalue weighted by atomic mass is 10.2. The predicted octanol–water partition coefficient (Wildman–Crippen LogP) is 2.40. The Morgan fingerprint density at radius 2 is 1.81 bits per heavy atom. The first-order chi connectivity index (χ1) is 7.54. The molecule has 0 aliphatic carbocycles. The summed E-state index contributed by atoms with van der Waals surface area (Å²) in [5, 5.41) is 7.21. The molecule has 0 atom stereocenters. The number of aliphatic imine (C=N–C) groups is 1. The van der Waals surface area contributed by atoms with Crippen molar-refractivity contribution in [2.24, 2.45) is 4.99 Å². The van der Waals surface area contributed by atoms with Gasteiger partial charge in [0.25, 0.3) is 0 Å². The molecule has 0 amide bonds. The molecule has 16 heavy (non-hydrogen) atoms. The van der Waals surface area contributed by atoms with Crippen molar-refractivity contribution in [1.82, 2.24) is 0 Å². The molecule has 1 aromatic rings. The fourth-order valence-corrected chi connectivity index (χ4v) is 1.17. The number of benzene rings is 1. The average molecular weight is 218 g/mol. The summed E-state index contributed by atoms with van der Waals surface area (Å²) < 4.78 is 5.01. The maximum absolute atomic E-state index is 11.4. The zero-order valence-corrected chi connectivity index (χ0v) is 9.57. The van der Waals surface area contributed by atoms with Crippen LogP contribution in [0.25, 0.3) is 0 Å². The van der Waals surface area contributed by atoms with Crippen LogP contribution >= 0.6 is 0 Å². The van der Waals surface area contributed by atoms with E-state index in [9.17, 15) is 4.79 Å².